The minimum atomic E-state index is -2.47. The highest BCUT2D eigenvalue weighted by Gasteiger charge is 2.37. The van der Waals surface area contributed by atoms with Gasteiger partial charge in [-0.3, -0.25) is 0 Å². The standard InChI is InChI=1S/C12H20F2O/c13-12(14)7-5-10(6-8-12)11(15)4-3-9-1-2-9/h9-11,15H,1-8H2. The summed E-state index contributed by atoms with van der Waals surface area (Å²) in [5.74, 6) is -1.51. The molecule has 1 unspecified atom stereocenters. The Labute approximate surface area is 89.9 Å². The van der Waals surface area contributed by atoms with Gasteiger partial charge in [0, 0.05) is 12.8 Å². The molecule has 0 amide bonds. The molecule has 0 bridgehead atoms. The average molecular weight is 218 g/mol. The molecule has 0 radical (unpaired) electrons. The number of aliphatic hydroxyl groups is 1. The highest BCUT2D eigenvalue weighted by atomic mass is 19.3. The van der Waals surface area contributed by atoms with E-state index in [0.29, 0.717) is 12.8 Å². The maximum absolute atomic E-state index is 12.9. The molecule has 0 saturated heterocycles. The van der Waals surface area contributed by atoms with Crippen molar-refractivity contribution in [1.82, 2.24) is 0 Å². The van der Waals surface area contributed by atoms with Gasteiger partial charge in [-0.05, 0) is 37.5 Å². The maximum atomic E-state index is 12.9. The summed E-state index contributed by atoms with van der Waals surface area (Å²) in [4.78, 5) is 0. The number of alkyl halides is 2. The molecule has 1 N–H and O–H groups in total. The molecule has 0 spiro atoms. The molecule has 88 valence electrons. The van der Waals surface area contributed by atoms with Crippen molar-refractivity contribution in [2.75, 3.05) is 0 Å². The number of rotatable bonds is 4. The van der Waals surface area contributed by atoms with Gasteiger partial charge in [-0.15, -0.1) is 0 Å². The first-order valence-corrected chi connectivity index (χ1v) is 6.13. The average Bonchev–Trinajstić information content (AvgIpc) is 2.97. The molecule has 0 aromatic heterocycles. The number of hydrogen-bond donors (Lipinski definition) is 1. The summed E-state index contributed by atoms with van der Waals surface area (Å²) < 4.78 is 25.8. The SMILES string of the molecule is OC(CCC1CC1)C1CCC(F)(F)CC1. The molecule has 15 heavy (non-hydrogen) atoms. The Morgan fingerprint density at radius 1 is 1.13 bits per heavy atom. The molecule has 0 aliphatic heterocycles. The predicted molar refractivity (Wildman–Crippen MR) is 54.9 cm³/mol. The highest BCUT2D eigenvalue weighted by Crippen LogP contribution is 2.40. The van der Waals surface area contributed by atoms with Gasteiger partial charge in [-0.1, -0.05) is 12.8 Å². The summed E-state index contributed by atoms with van der Waals surface area (Å²) in [5, 5.41) is 9.88. The fourth-order valence-electron chi connectivity index (χ4n) is 2.50. The van der Waals surface area contributed by atoms with Crippen molar-refractivity contribution in [3.05, 3.63) is 0 Å². The second kappa shape index (κ2) is 4.36. The van der Waals surface area contributed by atoms with Crippen molar-refractivity contribution >= 4 is 0 Å². The zero-order valence-corrected chi connectivity index (χ0v) is 9.09. The molecule has 2 aliphatic carbocycles. The summed E-state index contributed by atoms with van der Waals surface area (Å²) in [5.41, 5.74) is 0. The summed E-state index contributed by atoms with van der Waals surface area (Å²) in [7, 11) is 0. The molecule has 0 aromatic rings. The molecule has 2 fully saturated rings. The van der Waals surface area contributed by atoms with Crippen LogP contribution >= 0.6 is 0 Å². The van der Waals surface area contributed by atoms with Crippen LogP contribution in [-0.4, -0.2) is 17.1 Å². The highest BCUT2D eigenvalue weighted by molar-refractivity contribution is 4.82. The Kier molecular flexibility index (Phi) is 3.29. The lowest BCUT2D eigenvalue weighted by Gasteiger charge is -2.31. The zero-order valence-electron chi connectivity index (χ0n) is 9.09. The molecule has 0 heterocycles. The van der Waals surface area contributed by atoms with Crippen LogP contribution in [0.15, 0.2) is 0 Å². The van der Waals surface area contributed by atoms with E-state index in [1.54, 1.807) is 0 Å². The number of hydrogen-bond acceptors (Lipinski definition) is 1. The second-order valence-corrected chi connectivity index (χ2v) is 5.28. The van der Waals surface area contributed by atoms with Gasteiger partial charge in [-0.2, -0.15) is 0 Å². The van der Waals surface area contributed by atoms with Crippen molar-refractivity contribution < 1.29 is 13.9 Å². The van der Waals surface area contributed by atoms with Crippen LogP contribution < -0.4 is 0 Å². The lowest BCUT2D eigenvalue weighted by Crippen LogP contribution is -2.31. The monoisotopic (exact) mass is 218 g/mol. The zero-order chi connectivity index (χ0) is 10.9. The van der Waals surface area contributed by atoms with Crippen LogP contribution in [0.2, 0.25) is 0 Å². The van der Waals surface area contributed by atoms with Crippen LogP contribution in [0.25, 0.3) is 0 Å². The van der Waals surface area contributed by atoms with E-state index in [9.17, 15) is 13.9 Å². The van der Waals surface area contributed by atoms with E-state index in [4.69, 9.17) is 0 Å². The Morgan fingerprint density at radius 3 is 2.27 bits per heavy atom. The number of halogens is 2. The van der Waals surface area contributed by atoms with Gasteiger partial charge in [0.15, 0.2) is 0 Å². The van der Waals surface area contributed by atoms with Gasteiger partial charge in [0.1, 0.15) is 0 Å². The lowest BCUT2D eigenvalue weighted by molar-refractivity contribution is -0.0632. The van der Waals surface area contributed by atoms with Crippen molar-refractivity contribution in [2.24, 2.45) is 11.8 Å². The molecule has 1 atom stereocenters. The van der Waals surface area contributed by atoms with Gasteiger partial charge in [-0.25, -0.2) is 8.78 Å². The van der Waals surface area contributed by atoms with E-state index in [1.807, 2.05) is 0 Å². The van der Waals surface area contributed by atoms with Gasteiger partial charge in [0.25, 0.3) is 0 Å². The third-order valence-corrected chi connectivity index (χ3v) is 3.87. The molecule has 2 saturated carbocycles. The smallest absolute Gasteiger partial charge is 0.248 e. The van der Waals surface area contributed by atoms with Crippen LogP contribution in [0.4, 0.5) is 8.78 Å². The van der Waals surface area contributed by atoms with E-state index in [2.05, 4.69) is 0 Å². The van der Waals surface area contributed by atoms with Crippen molar-refractivity contribution in [3.8, 4) is 0 Å². The molecular formula is C12H20F2O. The van der Waals surface area contributed by atoms with Crippen molar-refractivity contribution in [2.45, 2.75) is 63.4 Å². The predicted octanol–water partition coefficient (Wildman–Crippen LogP) is 3.36. The molecule has 0 aromatic carbocycles. The summed E-state index contributed by atoms with van der Waals surface area (Å²) in [6.45, 7) is 0. The third kappa shape index (κ3) is 3.40. The minimum Gasteiger partial charge on any atom is -0.393 e. The topological polar surface area (TPSA) is 20.2 Å². The van der Waals surface area contributed by atoms with Gasteiger partial charge in [0.2, 0.25) is 5.92 Å². The van der Waals surface area contributed by atoms with Crippen LogP contribution in [0.1, 0.15) is 51.4 Å². The Morgan fingerprint density at radius 2 is 1.73 bits per heavy atom. The normalized spacial score (nSPS) is 29.0. The van der Waals surface area contributed by atoms with Crippen LogP contribution in [0.3, 0.4) is 0 Å². The lowest BCUT2D eigenvalue weighted by atomic mass is 9.82. The van der Waals surface area contributed by atoms with E-state index in [1.165, 1.54) is 12.8 Å². The molecule has 3 heteroatoms. The summed E-state index contributed by atoms with van der Waals surface area (Å²) in [6.07, 6.45) is 5.12. The third-order valence-electron chi connectivity index (χ3n) is 3.87. The van der Waals surface area contributed by atoms with Crippen LogP contribution in [0, 0.1) is 11.8 Å². The Balaban J connectivity index is 1.69. The summed E-state index contributed by atoms with van der Waals surface area (Å²) in [6, 6.07) is 0. The van der Waals surface area contributed by atoms with Gasteiger partial charge >= 0.3 is 0 Å². The second-order valence-electron chi connectivity index (χ2n) is 5.28. The van der Waals surface area contributed by atoms with E-state index in [-0.39, 0.29) is 24.9 Å². The first kappa shape index (κ1) is 11.3. The fraction of sp³-hybridized carbons (Fsp3) is 1.00. The van der Waals surface area contributed by atoms with Crippen LogP contribution in [-0.2, 0) is 0 Å². The van der Waals surface area contributed by atoms with Crippen molar-refractivity contribution in [1.29, 1.82) is 0 Å². The Hall–Kier alpha value is -0.180. The number of aliphatic hydroxyl groups excluding tert-OH is 1. The van der Waals surface area contributed by atoms with Gasteiger partial charge in [0.05, 0.1) is 6.10 Å². The quantitative estimate of drug-likeness (QED) is 0.767. The first-order chi connectivity index (χ1) is 7.07. The van der Waals surface area contributed by atoms with Gasteiger partial charge < -0.3 is 5.11 Å². The molecule has 2 rings (SSSR count). The van der Waals surface area contributed by atoms with Crippen molar-refractivity contribution in [3.63, 3.8) is 0 Å². The maximum Gasteiger partial charge on any atom is 0.248 e. The van der Waals surface area contributed by atoms with Crippen LogP contribution in [0.5, 0.6) is 0 Å². The molecule has 2 aliphatic rings. The summed E-state index contributed by atoms with van der Waals surface area (Å²) >= 11 is 0. The minimum absolute atomic E-state index is 0.0296. The first-order valence-electron chi connectivity index (χ1n) is 6.13. The Bertz CT molecular complexity index is 204. The fourth-order valence-corrected chi connectivity index (χ4v) is 2.50. The van der Waals surface area contributed by atoms with E-state index in [0.717, 1.165) is 18.8 Å². The van der Waals surface area contributed by atoms with E-state index >= 15 is 0 Å². The molecular weight excluding hydrogens is 198 g/mol. The van der Waals surface area contributed by atoms with E-state index < -0.39 is 5.92 Å². The molecule has 1 nitrogen and oxygen atoms in total. The largest absolute Gasteiger partial charge is 0.393 e.